The molecule has 2 heterocycles. The van der Waals surface area contributed by atoms with E-state index in [1.165, 1.54) is 11.1 Å². The highest BCUT2D eigenvalue weighted by molar-refractivity contribution is 5.81. The highest BCUT2D eigenvalue weighted by atomic mass is 16.5. The van der Waals surface area contributed by atoms with Gasteiger partial charge in [-0.2, -0.15) is 0 Å². The van der Waals surface area contributed by atoms with Crippen molar-refractivity contribution in [3.05, 3.63) is 29.3 Å². The number of nitrogens with zero attached hydrogens (tertiary/aromatic N) is 1. The zero-order valence-corrected chi connectivity index (χ0v) is 10.7. The van der Waals surface area contributed by atoms with Gasteiger partial charge >= 0.3 is 0 Å². The molecule has 0 radical (unpaired) electrons. The molecule has 1 aromatic carbocycles. The molecule has 0 amide bonds. The van der Waals surface area contributed by atoms with Crippen LogP contribution in [0, 0.1) is 0 Å². The first-order chi connectivity index (χ1) is 8.81. The van der Waals surface area contributed by atoms with Crippen molar-refractivity contribution in [1.29, 1.82) is 0 Å². The van der Waals surface area contributed by atoms with Gasteiger partial charge in [-0.05, 0) is 30.5 Å². The van der Waals surface area contributed by atoms with Crippen LogP contribution in [0.4, 0.5) is 0 Å². The third-order valence-corrected chi connectivity index (χ3v) is 3.37. The van der Waals surface area contributed by atoms with E-state index in [0.29, 0.717) is 6.04 Å². The van der Waals surface area contributed by atoms with E-state index in [4.69, 9.17) is 4.74 Å². The van der Waals surface area contributed by atoms with Crippen LogP contribution < -0.4 is 15.4 Å². The molecule has 0 saturated carbocycles. The number of hydrogen-bond acceptors (Lipinski definition) is 4. The normalized spacial score (nSPS) is 20.9. The molecule has 0 aliphatic carbocycles. The SMILES string of the molecule is CC1CN=C(NCCc2ccc3c(c2)CCO3)N1. The second-order valence-corrected chi connectivity index (χ2v) is 4.95. The Kier molecular flexibility index (Phi) is 3.09. The molecule has 1 unspecified atom stereocenters. The summed E-state index contributed by atoms with van der Waals surface area (Å²) in [6, 6.07) is 6.96. The average molecular weight is 245 g/mol. The van der Waals surface area contributed by atoms with Crippen molar-refractivity contribution in [2.24, 2.45) is 4.99 Å². The Labute approximate surface area is 107 Å². The molecule has 4 heteroatoms. The van der Waals surface area contributed by atoms with Gasteiger partial charge in [-0.3, -0.25) is 4.99 Å². The maximum absolute atomic E-state index is 5.51. The van der Waals surface area contributed by atoms with Crippen molar-refractivity contribution < 1.29 is 4.74 Å². The highest BCUT2D eigenvalue weighted by Crippen LogP contribution is 2.25. The van der Waals surface area contributed by atoms with Crippen molar-refractivity contribution in [3.63, 3.8) is 0 Å². The Morgan fingerprint density at radius 3 is 3.28 bits per heavy atom. The van der Waals surface area contributed by atoms with Gasteiger partial charge in [-0.1, -0.05) is 12.1 Å². The first kappa shape index (κ1) is 11.4. The molecule has 18 heavy (non-hydrogen) atoms. The van der Waals surface area contributed by atoms with E-state index in [1.807, 2.05) is 0 Å². The minimum atomic E-state index is 0.463. The Balaban J connectivity index is 1.51. The molecular weight excluding hydrogens is 226 g/mol. The van der Waals surface area contributed by atoms with Crippen LogP contribution in [0.25, 0.3) is 0 Å². The first-order valence-corrected chi connectivity index (χ1v) is 6.61. The zero-order chi connectivity index (χ0) is 12.4. The molecule has 0 bridgehead atoms. The van der Waals surface area contributed by atoms with Gasteiger partial charge < -0.3 is 15.4 Å². The molecule has 1 aromatic rings. The Bertz CT molecular complexity index is 470. The maximum atomic E-state index is 5.51. The summed E-state index contributed by atoms with van der Waals surface area (Å²) < 4.78 is 5.51. The predicted molar refractivity (Wildman–Crippen MR) is 72.2 cm³/mol. The molecule has 3 rings (SSSR count). The number of nitrogens with one attached hydrogen (secondary N) is 2. The van der Waals surface area contributed by atoms with Gasteiger partial charge in [0.2, 0.25) is 0 Å². The molecule has 0 saturated heterocycles. The van der Waals surface area contributed by atoms with Crippen LogP contribution in [-0.4, -0.2) is 31.7 Å². The van der Waals surface area contributed by atoms with Gasteiger partial charge in [-0.15, -0.1) is 0 Å². The van der Waals surface area contributed by atoms with E-state index in [1.54, 1.807) is 0 Å². The second kappa shape index (κ2) is 4.88. The fourth-order valence-corrected chi connectivity index (χ4v) is 2.38. The highest BCUT2D eigenvalue weighted by Gasteiger charge is 2.13. The standard InChI is InChI=1S/C14H19N3O/c1-10-9-16-14(17-10)15-6-4-11-2-3-13-12(8-11)5-7-18-13/h2-3,8,10H,4-7,9H2,1H3,(H2,15,16,17). The third kappa shape index (κ3) is 2.42. The zero-order valence-electron chi connectivity index (χ0n) is 10.7. The molecule has 96 valence electrons. The lowest BCUT2D eigenvalue weighted by Gasteiger charge is -2.09. The van der Waals surface area contributed by atoms with Crippen LogP contribution in [-0.2, 0) is 12.8 Å². The molecular formula is C14H19N3O. The molecule has 2 aliphatic heterocycles. The quantitative estimate of drug-likeness (QED) is 0.838. The number of rotatable bonds is 3. The number of aliphatic imine (C=N–C) groups is 1. The van der Waals surface area contributed by atoms with Crippen molar-refractivity contribution in [3.8, 4) is 5.75 Å². The van der Waals surface area contributed by atoms with Crippen molar-refractivity contribution in [2.75, 3.05) is 19.7 Å². The molecule has 0 fully saturated rings. The van der Waals surface area contributed by atoms with Gasteiger partial charge in [0.1, 0.15) is 5.75 Å². The number of hydrogen-bond donors (Lipinski definition) is 2. The summed E-state index contributed by atoms with van der Waals surface area (Å²) >= 11 is 0. The number of ether oxygens (including phenoxy) is 1. The minimum Gasteiger partial charge on any atom is -0.493 e. The summed E-state index contributed by atoms with van der Waals surface area (Å²) in [5.41, 5.74) is 2.70. The van der Waals surface area contributed by atoms with Crippen molar-refractivity contribution in [1.82, 2.24) is 10.6 Å². The number of fused-ring (bicyclic) bond motifs is 1. The summed E-state index contributed by atoms with van der Waals surface area (Å²) in [7, 11) is 0. The molecule has 0 spiro atoms. The maximum Gasteiger partial charge on any atom is 0.191 e. The molecule has 2 N–H and O–H groups in total. The number of guanidine groups is 1. The van der Waals surface area contributed by atoms with Crippen molar-refractivity contribution in [2.45, 2.75) is 25.8 Å². The van der Waals surface area contributed by atoms with Crippen LogP contribution in [0.2, 0.25) is 0 Å². The lowest BCUT2D eigenvalue weighted by molar-refractivity contribution is 0.357. The third-order valence-electron chi connectivity index (χ3n) is 3.37. The lowest BCUT2D eigenvalue weighted by Crippen LogP contribution is -2.38. The van der Waals surface area contributed by atoms with Crippen LogP contribution in [0.3, 0.4) is 0 Å². The average Bonchev–Trinajstić information content (AvgIpc) is 2.97. The van der Waals surface area contributed by atoms with E-state index in [9.17, 15) is 0 Å². The largest absolute Gasteiger partial charge is 0.493 e. The van der Waals surface area contributed by atoms with Crippen LogP contribution in [0.5, 0.6) is 5.75 Å². The smallest absolute Gasteiger partial charge is 0.191 e. The summed E-state index contributed by atoms with van der Waals surface area (Å²) in [6.45, 7) is 4.76. The van der Waals surface area contributed by atoms with Crippen LogP contribution >= 0.6 is 0 Å². The second-order valence-electron chi connectivity index (χ2n) is 4.95. The monoisotopic (exact) mass is 245 g/mol. The summed E-state index contributed by atoms with van der Waals surface area (Å²) in [5, 5.41) is 6.64. The van der Waals surface area contributed by atoms with Gasteiger partial charge in [0.05, 0.1) is 13.2 Å². The summed E-state index contributed by atoms with van der Waals surface area (Å²) in [4.78, 5) is 4.38. The van der Waals surface area contributed by atoms with E-state index >= 15 is 0 Å². The molecule has 0 aromatic heterocycles. The summed E-state index contributed by atoms with van der Waals surface area (Å²) in [6.07, 6.45) is 2.06. The fraction of sp³-hybridized carbons (Fsp3) is 0.500. The molecule has 1 atom stereocenters. The lowest BCUT2D eigenvalue weighted by atomic mass is 10.1. The molecule has 4 nitrogen and oxygen atoms in total. The number of benzene rings is 1. The van der Waals surface area contributed by atoms with E-state index < -0.39 is 0 Å². The van der Waals surface area contributed by atoms with Crippen molar-refractivity contribution >= 4 is 5.96 Å². The van der Waals surface area contributed by atoms with Gasteiger partial charge in [0.25, 0.3) is 0 Å². The van der Waals surface area contributed by atoms with E-state index in [2.05, 4.69) is 40.7 Å². The van der Waals surface area contributed by atoms with E-state index in [0.717, 1.165) is 44.2 Å². The Morgan fingerprint density at radius 2 is 2.44 bits per heavy atom. The van der Waals surface area contributed by atoms with Crippen LogP contribution in [0.15, 0.2) is 23.2 Å². The van der Waals surface area contributed by atoms with Gasteiger partial charge in [-0.25, -0.2) is 0 Å². The van der Waals surface area contributed by atoms with Gasteiger partial charge in [0.15, 0.2) is 5.96 Å². The topological polar surface area (TPSA) is 45.7 Å². The van der Waals surface area contributed by atoms with Crippen LogP contribution in [0.1, 0.15) is 18.1 Å². The van der Waals surface area contributed by atoms with E-state index in [-0.39, 0.29) is 0 Å². The first-order valence-electron chi connectivity index (χ1n) is 6.61. The molecule has 2 aliphatic rings. The fourth-order valence-electron chi connectivity index (χ4n) is 2.38. The Hall–Kier alpha value is -1.71. The van der Waals surface area contributed by atoms with Gasteiger partial charge in [0, 0.05) is 19.0 Å². The summed E-state index contributed by atoms with van der Waals surface area (Å²) in [5.74, 6) is 1.99. The predicted octanol–water partition coefficient (Wildman–Crippen LogP) is 1.10. The Morgan fingerprint density at radius 1 is 1.50 bits per heavy atom. The minimum absolute atomic E-state index is 0.463.